The summed E-state index contributed by atoms with van der Waals surface area (Å²) in [5.74, 6) is 1.88. The molecule has 0 saturated carbocycles. The number of amides is 1. The van der Waals surface area contributed by atoms with Crippen molar-refractivity contribution in [3.8, 4) is 0 Å². The van der Waals surface area contributed by atoms with Crippen LogP contribution in [0.1, 0.15) is 19.3 Å². The molecule has 3 saturated heterocycles. The maximum atomic E-state index is 12.4. The Morgan fingerprint density at radius 1 is 1.20 bits per heavy atom. The molecular weight excluding hydrogens is 320 g/mol. The molecule has 25 heavy (non-hydrogen) atoms. The number of anilines is 1. The van der Waals surface area contributed by atoms with Gasteiger partial charge in [-0.1, -0.05) is 0 Å². The first-order valence-corrected chi connectivity index (χ1v) is 9.25. The Kier molecular flexibility index (Phi) is 5.24. The van der Waals surface area contributed by atoms with Crippen molar-refractivity contribution in [3.63, 3.8) is 0 Å². The summed E-state index contributed by atoms with van der Waals surface area (Å²) < 4.78 is 11.3. The molecule has 3 aliphatic heterocycles. The van der Waals surface area contributed by atoms with Crippen LogP contribution in [0.2, 0.25) is 0 Å². The first-order chi connectivity index (χ1) is 12.3. The third-order valence-corrected chi connectivity index (χ3v) is 5.77. The van der Waals surface area contributed by atoms with E-state index < -0.39 is 0 Å². The molecule has 1 aromatic heterocycles. The van der Waals surface area contributed by atoms with Crippen LogP contribution in [-0.2, 0) is 14.3 Å². The second kappa shape index (κ2) is 7.76. The van der Waals surface area contributed by atoms with E-state index in [0.29, 0.717) is 36.7 Å². The molecule has 0 aliphatic carbocycles. The molecule has 7 heteroatoms. The number of likely N-dealkylation sites (tertiary alicyclic amines) is 1. The van der Waals surface area contributed by atoms with Crippen LogP contribution in [0.4, 0.5) is 5.82 Å². The quantitative estimate of drug-likeness (QED) is 0.882. The zero-order valence-corrected chi connectivity index (χ0v) is 14.5. The van der Waals surface area contributed by atoms with Crippen molar-refractivity contribution in [1.29, 1.82) is 0 Å². The zero-order chi connectivity index (χ0) is 17.1. The molecule has 3 aliphatic rings. The maximum Gasteiger partial charge on any atom is 0.225 e. The van der Waals surface area contributed by atoms with Gasteiger partial charge in [-0.05, 0) is 30.6 Å². The van der Waals surface area contributed by atoms with E-state index in [4.69, 9.17) is 9.47 Å². The summed E-state index contributed by atoms with van der Waals surface area (Å²) in [7, 11) is 0. The number of carbonyl (C=O) groups is 1. The minimum atomic E-state index is -0.000679. The van der Waals surface area contributed by atoms with E-state index in [0.717, 1.165) is 45.8 Å². The van der Waals surface area contributed by atoms with E-state index in [1.807, 2.05) is 0 Å². The van der Waals surface area contributed by atoms with Gasteiger partial charge in [0.25, 0.3) is 0 Å². The van der Waals surface area contributed by atoms with Crippen molar-refractivity contribution < 1.29 is 14.3 Å². The SMILES string of the molecule is O=C(C[C@@H]1COC[C@H]2CN(C3CCOCC3)C[C@@H]12)Nc1cnccn1. The molecule has 3 atom stereocenters. The average Bonchev–Trinajstić information content (AvgIpc) is 3.09. The molecule has 1 N–H and O–H groups in total. The van der Waals surface area contributed by atoms with Crippen molar-refractivity contribution in [2.75, 3.05) is 44.8 Å². The molecule has 4 heterocycles. The fraction of sp³-hybridized carbons (Fsp3) is 0.722. The summed E-state index contributed by atoms with van der Waals surface area (Å²) in [4.78, 5) is 23.1. The number of ether oxygens (including phenoxy) is 2. The summed E-state index contributed by atoms with van der Waals surface area (Å²) in [6, 6.07) is 0.633. The highest BCUT2D eigenvalue weighted by Gasteiger charge is 2.43. The molecule has 1 amide bonds. The third-order valence-electron chi connectivity index (χ3n) is 5.77. The van der Waals surface area contributed by atoms with Gasteiger partial charge in [-0.15, -0.1) is 0 Å². The Morgan fingerprint density at radius 2 is 2.08 bits per heavy atom. The minimum absolute atomic E-state index is 0.000679. The molecule has 0 radical (unpaired) electrons. The van der Waals surface area contributed by atoms with Gasteiger partial charge in [0.1, 0.15) is 0 Å². The number of fused-ring (bicyclic) bond motifs is 1. The third kappa shape index (κ3) is 3.99. The number of hydrogen-bond acceptors (Lipinski definition) is 6. The van der Waals surface area contributed by atoms with E-state index in [-0.39, 0.29) is 11.8 Å². The summed E-state index contributed by atoms with van der Waals surface area (Å²) in [6.45, 7) is 5.43. The molecule has 1 aromatic rings. The topological polar surface area (TPSA) is 76.6 Å². The monoisotopic (exact) mass is 346 g/mol. The second-order valence-electron chi connectivity index (χ2n) is 7.36. The van der Waals surface area contributed by atoms with Gasteiger partial charge < -0.3 is 14.8 Å². The number of hydrogen-bond donors (Lipinski definition) is 1. The molecule has 0 aromatic carbocycles. The first-order valence-electron chi connectivity index (χ1n) is 9.25. The predicted octanol–water partition coefficient (Wildman–Crippen LogP) is 1.18. The second-order valence-corrected chi connectivity index (χ2v) is 7.36. The van der Waals surface area contributed by atoms with Gasteiger partial charge in [0.15, 0.2) is 5.82 Å². The summed E-state index contributed by atoms with van der Waals surface area (Å²) in [5.41, 5.74) is 0. The molecule has 7 nitrogen and oxygen atoms in total. The van der Waals surface area contributed by atoms with E-state index in [1.54, 1.807) is 18.6 Å². The van der Waals surface area contributed by atoms with Crippen LogP contribution in [0.15, 0.2) is 18.6 Å². The van der Waals surface area contributed by atoms with Crippen LogP contribution < -0.4 is 5.32 Å². The smallest absolute Gasteiger partial charge is 0.225 e. The largest absolute Gasteiger partial charge is 0.381 e. The first kappa shape index (κ1) is 16.9. The lowest BCUT2D eigenvalue weighted by Gasteiger charge is -2.33. The minimum Gasteiger partial charge on any atom is -0.381 e. The van der Waals surface area contributed by atoms with Crippen LogP contribution in [0.3, 0.4) is 0 Å². The molecule has 0 spiro atoms. The molecular formula is C18H26N4O3. The van der Waals surface area contributed by atoms with Gasteiger partial charge in [-0.2, -0.15) is 0 Å². The van der Waals surface area contributed by atoms with E-state index >= 15 is 0 Å². The number of carbonyl (C=O) groups excluding carboxylic acids is 1. The lowest BCUT2D eigenvalue weighted by atomic mass is 9.81. The number of nitrogens with zero attached hydrogens (tertiary/aromatic N) is 3. The van der Waals surface area contributed by atoms with E-state index in [2.05, 4.69) is 20.2 Å². The number of nitrogens with one attached hydrogen (secondary N) is 1. The van der Waals surface area contributed by atoms with Crippen molar-refractivity contribution in [2.45, 2.75) is 25.3 Å². The van der Waals surface area contributed by atoms with Crippen molar-refractivity contribution >= 4 is 11.7 Å². The normalized spacial score (nSPS) is 30.8. The highest BCUT2D eigenvalue weighted by atomic mass is 16.5. The van der Waals surface area contributed by atoms with E-state index in [9.17, 15) is 4.79 Å². The standard InChI is InChI=1S/C18H26N4O3/c23-18(21-17-8-19-3-4-20-17)7-13-11-25-12-14-9-22(10-16(13)14)15-1-5-24-6-2-15/h3-4,8,13-16H,1-2,5-7,9-12H2,(H,20,21,23)/t13-,14-,16+/m1/s1. The van der Waals surface area contributed by atoms with E-state index in [1.165, 1.54) is 0 Å². The van der Waals surface area contributed by atoms with Gasteiger partial charge in [-0.25, -0.2) is 4.98 Å². The van der Waals surface area contributed by atoms with Gasteiger partial charge in [0.2, 0.25) is 5.91 Å². The van der Waals surface area contributed by atoms with Gasteiger partial charge >= 0.3 is 0 Å². The van der Waals surface area contributed by atoms with Crippen LogP contribution in [0.5, 0.6) is 0 Å². The lowest BCUT2D eigenvalue weighted by molar-refractivity contribution is -0.119. The Bertz CT molecular complexity index is 579. The average molecular weight is 346 g/mol. The highest BCUT2D eigenvalue weighted by Crippen LogP contribution is 2.37. The van der Waals surface area contributed by atoms with Crippen LogP contribution >= 0.6 is 0 Å². The fourth-order valence-corrected chi connectivity index (χ4v) is 4.49. The number of rotatable bonds is 4. The zero-order valence-electron chi connectivity index (χ0n) is 14.5. The van der Waals surface area contributed by atoms with Crippen molar-refractivity contribution in [1.82, 2.24) is 14.9 Å². The van der Waals surface area contributed by atoms with Gasteiger partial charge in [0.05, 0.1) is 19.4 Å². The highest BCUT2D eigenvalue weighted by molar-refractivity contribution is 5.89. The fourth-order valence-electron chi connectivity index (χ4n) is 4.49. The van der Waals surface area contributed by atoms with Crippen molar-refractivity contribution in [2.24, 2.45) is 17.8 Å². The Labute approximate surface area is 148 Å². The summed E-state index contributed by atoms with van der Waals surface area (Å²) in [5, 5.41) is 2.85. The maximum absolute atomic E-state index is 12.4. The number of aromatic nitrogens is 2. The molecule has 3 fully saturated rings. The molecule has 136 valence electrons. The Balaban J connectivity index is 1.35. The lowest BCUT2D eigenvalue weighted by Crippen LogP contribution is -2.38. The molecule has 4 rings (SSSR count). The van der Waals surface area contributed by atoms with Crippen LogP contribution in [0.25, 0.3) is 0 Å². The van der Waals surface area contributed by atoms with Crippen molar-refractivity contribution in [3.05, 3.63) is 18.6 Å². The molecule has 0 unspecified atom stereocenters. The molecule has 0 bridgehead atoms. The van der Waals surface area contributed by atoms with Gasteiger partial charge in [-0.3, -0.25) is 14.7 Å². The van der Waals surface area contributed by atoms with Crippen LogP contribution in [0, 0.1) is 17.8 Å². The van der Waals surface area contributed by atoms with Gasteiger partial charge in [0, 0.05) is 51.2 Å². The predicted molar refractivity (Wildman–Crippen MR) is 92.0 cm³/mol. The summed E-state index contributed by atoms with van der Waals surface area (Å²) in [6.07, 6.45) is 7.48. The Hall–Kier alpha value is -1.57. The Morgan fingerprint density at radius 3 is 2.88 bits per heavy atom. The summed E-state index contributed by atoms with van der Waals surface area (Å²) >= 11 is 0. The van der Waals surface area contributed by atoms with Crippen LogP contribution in [-0.4, -0.2) is 66.3 Å².